The molecule has 1 aliphatic rings. The molecule has 0 unspecified atom stereocenters. The summed E-state index contributed by atoms with van der Waals surface area (Å²) in [4.78, 5) is 19.2. The Hall–Kier alpha value is -1.95. The second-order valence-electron chi connectivity index (χ2n) is 6.64. The summed E-state index contributed by atoms with van der Waals surface area (Å²) in [5.41, 5.74) is 2.38. The van der Waals surface area contributed by atoms with E-state index in [9.17, 15) is 4.79 Å². The van der Waals surface area contributed by atoms with Crippen LogP contribution in [0.5, 0.6) is 0 Å². The lowest BCUT2D eigenvalue weighted by Gasteiger charge is -2.13. The number of aromatic nitrogens is 3. The number of amides is 1. The quantitative estimate of drug-likeness (QED) is 0.918. The van der Waals surface area contributed by atoms with Gasteiger partial charge in [0.15, 0.2) is 5.65 Å². The van der Waals surface area contributed by atoms with E-state index in [1.54, 1.807) is 6.20 Å². The number of nitrogens with zero attached hydrogens (tertiary/aromatic N) is 4. The molecule has 0 saturated heterocycles. The maximum absolute atomic E-state index is 12.5. The Bertz CT molecular complexity index is 700. The van der Waals surface area contributed by atoms with Crippen LogP contribution in [0.1, 0.15) is 47.8 Å². The maximum Gasteiger partial charge on any atom is 0.252 e. The second kappa shape index (κ2) is 6.66. The van der Waals surface area contributed by atoms with E-state index in [0.717, 1.165) is 36.1 Å². The molecule has 3 rings (SSSR count). The summed E-state index contributed by atoms with van der Waals surface area (Å²) in [7, 11) is 3.99. The normalized spacial score (nSPS) is 15.7. The number of nitrogens with one attached hydrogen (secondary N) is 1. The van der Waals surface area contributed by atoms with Gasteiger partial charge in [-0.05, 0) is 39.9 Å². The van der Waals surface area contributed by atoms with Gasteiger partial charge >= 0.3 is 0 Å². The molecule has 1 N–H and O–H groups in total. The average Bonchev–Trinajstić information content (AvgIpc) is 3.14. The SMILES string of the molecule is Cc1cc(C(=O)NCCN(C)C)c2cnn(C3CCCC3)c2n1. The number of aryl methyl sites for hydroxylation is 1. The Morgan fingerprint density at radius 1 is 1.39 bits per heavy atom. The van der Waals surface area contributed by atoms with E-state index in [2.05, 4.69) is 15.4 Å². The van der Waals surface area contributed by atoms with Gasteiger partial charge in [-0.25, -0.2) is 9.67 Å². The van der Waals surface area contributed by atoms with E-state index in [1.807, 2.05) is 36.7 Å². The number of fused-ring (bicyclic) bond motifs is 1. The predicted molar refractivity (Wildman–Crippen MR) is 90.7 cm³/mol. The first-order chi connectivity index (χ1) is 11.1. The van der Waals surface area contributed by atoms with Gasteiger partial charge in [-0.1, -0.05) is 12.8 Å². The van der Waals surface area contributed by atoms with Crippen molar-refractivity contribution >= 4 is 16.9 Å². The molecule has 0 bridgehead atoms. The molecule has 1 aliphatic carbocycles. The van der Waals surface area contributed by atoms with Crippen molar-refractivity contribution in [2.24, 2.45) is 0 Å². The Kier molecular flexibility index (Phi) is 4.61. The maximum atomic E-state index is 12.5. The van der Waals surface area contributed by atoms with Crippen molar-refractivity contribution < 1.29 is 4.79 Å². The first kappa shape index (κ1) is 15.9. The molecule has 6 nitrogen and oxygen atoms in total. The molecule has 2 aromatic rings. The van der Waals surface area contributed by atoms with Crippen LogP contribution in [0, 0.1) is 6.92 Å². The molecular formula is C17H25N5O. The monoisotopic (exact) mass is 315 g/mol. The first-order valence-electron chi connectivity index (χ1n) is 8.34. The molecule has 0 spiro atoms. The van der Waals surface area contributed by atoms with Gasteiger partial charge in [-0.3, -0.25) is 4.79 Å². The Morgan fingerprint density at radius 2 is 2.13 bits per heavy atom. The molecule has 23 heavy (non-hydrogen) atoms. The van der Waals surface area contributed by atoms with Crippen molar-refractivity contribution in [2.45, 2.75) is 38.6 Å². The zero-order chi connectivity index (χ0) is 16.4. The van der Waals surface area contributed by atoms with Gasteiger partial charge in [0.2, 0.25) is 0 Å². The topological polar surface area (TPSA) is 63.1 Å². The molecule has 124 valence electrons. The third-order valence-electron chi connectivity index (χ3n) is 4.45. The highest BCUT2D eigenvalue weighted by atomic mass is 16.1. The third-order valence-corrected chi connectivity index (χ3v) is 4.45. The summed E-state index contributed by atoms with van der Waals surface area (Å²) in [6.07, 6.45) is 6.58. The number of likely N-dealkylation sites (N-methyl/N-ethyl adjacent to an activating group) is 1. The number of rotatable bonds is 5. The minimum atomic E-state index is -0.0479. The summed E-state index contributed by atoms with van der Waals surface area (Å²) in [5, 5.41) is 8.37. The van der Waals surface area contributed by atoms with Crippen LogP contribution >= 0.6 is 0 Å². The van der Waals surface area contributed by atoms with E-state index < -0.39 is 0 Å². The van der Waals surface area contributed by atoms with Gasteiger partial charge in [0.25, 0.3) is 5.91 Å². The highest BCUT2D eigenvalue weighted by Crippen LogP contribution is 2.31. The van der Waals surface area contributed by atoms with Crippen LogP contribution < -0.4 is 5.32 Å². The summed E-state index contributed by atoms with van der Waals surface area (Å²) >= 11 is 0. The molecule has 0 aliphatic heterocycles. The molecule has 0 atom stereocenters. The number of pyridine rings is 1. The molecule has 2 aromatic heterocycles. The number of hydrogen-bond donors (Lipinski definition) is 1. The fourth-order valence-corrected chi connectivity index (χ4v) is 3.24. The Morgan fingerprint density at radius 3 is 2.83 bits per heavy atom. The van der Waals surface area contributed by atoms with Gasteiger partial charge in [0.1, 0.15) is 0 Å². The van der Waals surface area contributed by atoms with Crippen LogP contribution in [0.4, 0.5) is 0 Å². The number of hydrogen-bond acceptors (Lipinski definition) is 4. The van der Waals surface area contributed by atoms with Crippen molar-refractivity contribution in [1.29, 1.82) is 0 Å². The van der Waals surface area contributed by atoms with Crippen molar-refractivity contribution in [1.82, 2.24) is 25.0 Å². The summed E-state index contributed by atoms with van der Waals surface area (Å²) in [6.45, 7) is 3.38. The van der Waals surface area contributed by atoms with E-state index in [1.165, 1.54) is 12.8 Å². The predicted octanol–water partition coefficient (Wildman–Crippen LogP) is 2.15. The van der Waals surface area contributed by atoms with E-state index >= 15 is 0 Å². The van der Waals surface area contributed by atoms with Crippen LogP contribution in [0.15, 0.2) is 12.3 Å². The fourth-order valence-electron chi connectivity index (χ4n) is 3.24. The van der Waals surface area contributed by atoms with Gasteiger partial charge in [-0.2, -0.15) is 5.10 Å². The summed E-state index contributed by atoms with van der Waals surface area (Å²) in [6, 6.07) is 2.28. The van der Waals surface area contributed by atoms with Gasteiger partial charge in [-0.15, -0.1) is 0 Å². The lowest BCUT2D eigenvalue weighted by atomic mass is 10.1. The second-order valence-corrected chi connectivity index (χ2v) is 6.64. The van der Waals surface area contributed by atoms with E-state index in [4.69, 9.17) is 0 Å². The Balaban J connectivity index is 1.89. The van der Waals surface area contributed by atoms with Gasteiger partial charge in [0.05, 0.1) is 23.2 Å². The number of carbonyl (C=O) groups excluding carboxylic acids is 1. The van der Waals surface area contributed by atoms with Crippen molar-refractivity contribution in [3.05, 3.63) is 23.5 Å². The molecule has 0 aromatic carbocycles. The zero-order valence-corrected chi connectivity index (χ0v) is 14.2. The summed E-state index contributed by atoms with van der Waals surface area (Å²) < 4.78 is 2.02. The van der Waals surface area contributed by atoms with Crippen LogP contribution in [0.2, 0.25) is 0 Å². The van der Waals surface area contributed by atoms with E-state index in [-0.39, 0.29) is 5.91 Å². The molecular weight excluding hydrogens is 290 g/mol. The third kappa shape index (κ3) is 3.37. The van der Waals surface area contributed by atoms with E-state index in [0.29, 0.717) is 18.2 Å². The number of carbonyl (C=O) groups is 1. The van der Waals surface area contributed by atoms with Crippen LogP contribution in [0.25, 0.3) is 11.0 Å². The van der Waals surface area contributed by atoms with Crippen LogP contribution in [-0.2, 0) is 0 Å². The van der Waals surface area contributed by atoms with Crippen molar-refractivity contribution in [3.8, 4) is 0 Å². The minimum Gasteiger partial charge on any atom is -0.351 e. The van der Waals surface area contributed by atoms with Crippen molar-refractivity contribution in [3.63, 3.8) is 0 Å². The smallest absolute Gasteiger partial charge is 0.252 e. The highest BCUT2D eigenvalue weighted by Gasteiger charge is 2.22. The standard InChI is InChI=1S/C17H25N5O/c1-12-10-14(17(23)18-8-9-21(2)3)15-11-19-22(16(15)20-12)13-6-4-5-7-13/h10-11,13H,4-9H2,1-3H3,(H,18,23). The van der Waals surface area contributed by atoms with Crippen molar-refractivity contribution in [2.75, 3.05) is 27.2 Å². The molecule has 2 heterocycles. The lowest BCUT2D eigenvalue weighted by molar-refractivity contribution is 0.0952. The highest BCUT2D eigenvalue weighted by molar-refractivity contribution is 6.05. The molecule has 6 heteroatoms. The minimum absolute atomic E-state index is 0.0479. The largest absolute Gasteiger partial charge is 0.351 e. The zero-order valence-electron chi connectivity index (χ0n) is 14.2. The fraction of sp³-hybridized carbons (Fsp3) is 0.588. The van der Waals surface area contributed by atoms with Crippen LogP contribution in [-0.4, -0.2) is 52.8 Å². The van der Waals surface area contributed by atoms with Gasteiger partial charge in [0, 0.05) is 18.8 Å². The summed E-state index contributed by atoms with van der Waals surface area (Å²) in [5.74, 6) is -0.0479. The van der Waals surface area contributed by atoms with Gasteiger partial charge < -0.3 is 10.2 Å². The average molecular weight is 315 g/mol. The Labute approximate surface area is 136 Å². The molecule has 1 amide bonds. The van der Waals surface area contributed by atoms with Crippen LogP contribution in [0.3, 0.4) is 0 Å². The molecule has 0 radical (unpaired) electrons. The first-order valence-corrected chi connectivity index (χ1v) is 8.34. The molecule has 1 fully saturated rings. The lowest BCUT2D eigenvalue weighted by Crippen LogP contribution is -2.31. The molecule has 1 saturated carbocycles.